The van der Waals surface area contributed by atoms with Gasteiger partial charge >= 0.3 is 18.4 Å². The Kier molecular flexibility index (Phi) is 5.00. The molecule has 2 aliphatic rings. The summed E-state index contributed by atoms with van der Waals surface area (Å²) >= 11 is 4.97. The maximum atomic E-state index is 13.6. The molecule has 1 aromatic carbocycles. The molecular formula is C16H16F3N3O4S. The number of ether oxygens (including phenoxy) is 2. The van der Waals surface area contributed by atoms with Crippen LogP contribution in [0.5, 0.6) is 0 Å². The van der Waals surface area contributed by atoms with Crippen LogP contribution in [0.15, 0.2) is 18.2 Å². The highest BCUT2D eigenvalue weighted by Gasteiger charge is 2.41. The van der Waals surface area contributed by atoms with E-state index in [9.17, 15) is 22.8 Å². The van der Waals surface area contributed by atoms with E-state index < -0.39 is 36.1 Å². The number of benzene rings is 1. The number of hydrogen-bond donors (Lipinski definition) is 1. The molecule has 2 N–H and O–H groups in total. The Hall–Kier alpha value is -2.40. The fraction of sp³-hybridized carbons (Fsp3) is 0.438. The molecule has 2 aliphatic heterocycles. The van der Waals surface area contributed by atoms with Crippen LogP contribution in [-0.2, 0) is 15.7 Å². The molecule has 2 fully saturated rings. The topological polar surface area (TPSA) is 85.1 Å². The van der Waals surface area contributed by atoms with Crippen molar-refractivity contribution >= 4 is 40.6 Å². The number of nitrogens with zero attached hydrogens (tertiary/aromatic N) is 2. The summed E-state index contributed by atoms with van der Waals surface area (Å²) in [6.07, 6.45) is -7.15. The van der Waals surface area contributed by atoms with Crippen LogP contribution >= 0.6 is 12.2 Å². The van der Waals surface area contributed by atoms with Gasteiger partial charge in [-0.3, -0.25) is 9.80 Å². The van der Waals surface area contributed by atoms with Crippen molar-refractivity contribution in [1.82, 2.24) is 0 Å². The smallest absolute Gasteiger partial charge is 0.418 e. The normalized spacial score (nSPS) is 21.3. The second-order valence-corrected chi connectivity index (χ2v) is 6.78. The highest BCUT2D eigenvalue weighted by Crippen LogP contribution is 2.40. The van der Waals surface area contributed by atoms with E-state index in [0.717, 1.165) is 21.9 Å². The fourth-order valence-corrected chi connectivity index (χ4v) is 3.06. The molecule has 2 atom stereocenters. The van der Waals surface area contributed by atoms with Gasteiger partial charge in [0.1, 0.15) is 12.7 Å². The number of carbonyl (C=O) groups is 2. The minimum atomic E-state index is -4.74. The van der Waals surface area contributed by atoms with E-state index in [1.165, 1.54) is 6.07 Å². The number of anilines is 2. The number of thiocarbonyl (C=S) groups is 1. The Bertz CT molecular complexity index is 802. The Labute approximate surface area is 157 Å². The molecule has 27 heavy (non-hydrogen) atoms. The quantitative estimate of drug-likeness (QED) is 0.779. The molecule has 7 nitrogen and oxygen atoms in total. The number of amides is 2. The van der Waals surface area contributed by atoms with E-state index >= 15 is 0 Å². The average molecular weight is 403 g/mol. The zero-order valence-electron chi connectivity index (χ0n) is 14.2. The summed E-state index contributed by atoms with van der Waals surface area (Å²) in [6, 6.07) is 2.56. The molecule has 0 saturated carbocycles. The minimum absolute atomic E-state index is 0.00678. The number of alkyl halides is 3. The first-order chi connectivity index (χ1) is 12.6. The van der Waals surface area contributed by atoms with E-state index in [1.54, 1.807) is 6.92 Å². The van der Waals surface area contributed by atoms with E-state index in [2.05, 4.69) is 0 Å². The fourth-order valence-electron chi connectivity index (χ4n) is 2.91. The lowest BCUT2D eigenvalue weighted by atomic mass is 10.1. The third-order valence-electron chi connectivity index (χ3n) is 4.35. The van der Waals surface area contributed by atoms with Crippen LogP contribution in [0.3, 0.4) is 0 Å². The first-order valence-electron chi connectivity index (χ1n) is 7.99. The summed E-state index contributed by atoms with van der Waals surface area (Å²) in [5, 5.41) is 0. The molecule has 0 aromatic heterocycles. The molecule has 11 heteroatoms. The summed E-state index contributed by atoms with van der Waals surface area (Å²) in [4.78, 5) is 26.2. The molecule has 1 aromatic rings. The van der Waals surface area contributed by atoms with Gasteiger partial charge in [-0.1, -0.05) is 12.2 Å². The maximum Gasteiger partial charge on any atom is 0.418 e. The number of cyclic esters (lactones) is 2. The highest BCUT2D eigenvalue weighted by atomic mass is 32.1. The van der Waals surface area contributed by atoms with E-state index in [-0.39, 0.29) is 31.1 Å². The largest absolute Gasteiger partial charge is 0.447 e. The zero-order valence-corrected chi connectivity index (χ0v) is 15.0. The van der Waals surface area contributed by atoms with Gasteiger partial charge in [0.05, 0.1) is 30.4 Å². The van der Waals surface area contributed by atoms with Crippen LogP contribution in [-0.4, -0.2) is 48.9 Å². The monoisotopic (exact) mass is 403 g/mol. The second kappa shape index (κ2) is 6.97. The predicted octanol–water partition coefficient (Wildman–Crippen LogP) is 2.70. The van der Waals surface area contributed by atoms with Gasteiger partial charge < -0.3 is 15.2 Å². The van der Waals surface area contributed by atoms with Gasteiger partial charge in [0.25, 0.3) is 0 Å². The summed E-state index contributed by atoms with van der Waals surface area (Å²) in [7, 11) is 0. The molecule has 2 saturated heterocycles. The van der Waals surface area contributed by atoms with Crippen molar-refractivity contribution in [3.05, 3.63) is 23.8 Å². The summed E-state index contributed by atoms with van der Waals surface area (Å²) in [6.45, 7) is 1.59. The van der Waals surface area contributed by atoms with E-state index in [0.29, 0.717) is 4.86 Å². The summed E-state index contributed by atoms with van der Waals surface area (Å²) in [5.41, 5.74) is 4.47. The third kappa shape index (κ3) is 3.69. The van der Waals surface area contributed by atoms with Crippen LogP contribution in [0, 0.1) is 0 Å². The van der Waals surface area contributed by atoms with Crippen LogP contribution < -0.4 is 15.5 Å². The third-order valence-corrected chi connectivity index (χ3v) is 4.63. The SMILES string of the molecule is CC(=S)C(N)[C@@H]1CN(c2ccc(N3CCOC3=O)c(C(F)(F)F)c2)C(=O)O1. The van der Waals surface area contributed by atoms with Crippen molar-refractivity contribution in [1.29, 1.82) is 0 Å². The Morgan fingerprint density at radius 1 is 1.30 bits per heavy atom. The van der Waals surface area contributed by atoms with Crippen molar-refractivity contribution in [3.8, 4) is 0 Å². The first kappa shape index (κ1) is 19.4. The predicted molar refractivity (Wildman–Crippen MR) is 94.0 cm³/mol. The highest BCUT2D eigenvalue weighted by molar-refractivity contribution is 7.80. The van der Waals surface area contributed by atoms with E-state index in [4.69, 9.17) is 27.4 Å². The average Bonchev–Trinajstić information content (AvgIpc) is 3.18. The Morgan fingerprint density at radius 2 is 2.00 bits per heavy atom. The lowest BCUT2D eigenvalue weighted by molar-refractivity contribution is -0.137. The number of rotatable bonds is 4. The Morgan fingerprint density at radius 3 is 2.56 bits per heavy atom. The van der Waals surface area contributed by atoms with Crippen LogP contribution in [0.4, 0.5) is 34.1 Å². The minimum Gasteiger partial charge on any atom is -0.447 e. The molecule has 3 rings (SSSR count). The molecule has 0 radical (unpaired) electrons. The first-order valence-corrected chi connectivity index (χ1v) is 8.40. The van der Waals surface area contributed by atoms with Crippen molar-refractivity contribution in [2.75, 3.05) is 29.5 Å². The molecule has 0 bridgehead atoms. The van der Waals surface area contributed by atoms with Crippen molar-refractivity contribution < 1.29 is 32.2 Å². The van der Waals surface area contributed by atoms with Crippen LogP contribution in [0.2, 0.25) is 0 Å². The van der Waals surface area contributed by atoms with Crippen molar-refractivity contribution in [3.63, 3.8) is 0 Å². The standard InChI is InChI=1S/C16H16F3N3O4S/c1-8(27)13(20)12-7-22(15(24)26-12)9-2-3-11(10(6-9)16(17,18)19)21-4-5-25-14(21)23/h2-3,6,12-13H,4-5,7,20H2,1H3/t12-,13?/m0/s1. The lowest BCUT2D eigenvalue weighted by Gasteiger charge is -2.22. The van der Waals surface area contributed by atoms with Gasteiger partial charge in [0, 0.05) is 10.6 Å². The molecule has 2 heterocycles. The molecule has 1 unspecified atom stereocenters. The van der Waals surface area contributed by atoms with E-state index in [1.807, 2.05) is 0 Å². The van der Waals surface area contributed by atoms with Gasteiger partial charge in [-0.05, 0) is 25.1 Å². The number of nitrogens with two attached hydrogens (primary N) is 1. The maximum absolute atomic E-state index is 13.6. The zero-order chi connectivity index (χ0) is 19.9. The molecule has 2 amide bonds. The number of hydrogen-bond acceptors (Lipinski definition) is 6. The van der Waals surface area contributed by atoms with Gasteiger partial charge in [0.2, 0.25) is 0 Å². The van der Waals surface area contributed by atoms with Gasteiger partial charge in [-0.2, -0.15) is 13.2 Å². The van der Waals surface area contributed by atoms with Gasteiger partial charge in [0.15, 0.2) is 0 Å². The lowest BCUT2D eigenvalue weighted by Crippen LogP contribution is -2.42. The van der Waals surface area contributed by atoms with Crippen molar-refractivity contribution in [2.24, 2.45) is 5.73 Å². The van der Waals surface area contributed by atoms with Gasteiger partial charge in [-0.25, -0.2) is 9.59 Å². The molecular weight excluding hydrogens is 387 g/mol. The molecule has 0 aliphatic carbocycles. The Balaban J connectivity index is 1.94. The van der Waals surface area contributed by atoms with Crippen LogP contribution in [0.1, 0.15) is 12.5 Å². The van der Waals surface area contributed by atoms with Crippen molar-refractivity contribution in [2.45, 2.75) is 25.2 Å². The van der Waals surface area contributed by atoms with Crippen LogP contribution in [0.25, 0.3) is 0 Å². The molecule has 146 valence electrons. The molecule has 0 spiro atoms. The number of carbonyl (C=O) groups excluding carboxylic acids is 2. The van der Waals surface area contributed by atoms with Gasteiger partial charge in [-0.15, -0.1) is 0 Å². The second-order valence-electron chi connectivity index (χ2n) is 6.13. The summed E-state index contributed by atoms with van der Waals surface area (Å²) in [5.74, 6) is 0. The number of halogens is 3. The summed E-state index contributed by atoms with van der Waals surface area (Å²) < 4.78 is 50.5.